The number of aliphatic carboxylic acids is 1. The van der Waals surface area contributed by atoms with Gasteiger partial charge in [0.05, 0.1) is 15.6 Å². The lowest BCUT2D eigenvalue weighted by Crippen LogP contribution is -2.08. The van der Waals surface area contributed by atoms with Crippen LogP contribution in [0.3, 0.4) is 0 Å². The number of rotatable bonds is 2. The van der Waals surface area contributed by atoms with Crippen molar-refractivity contribution in [3.8, 4) is 9.88 Å². The number of carbonyl (C=O) groups is 1. The topological polar surface area (TPSA) is 50.2 Å². The van der Waals surface area contributed by atoms with E-state index in [1.807, 2.05) is 11.4 Å². The summed E-state index contributed by atoms with van der Waals surface area (Å²) in [5.74, 6) is -1.20. The Bertz CT molecular complexity index is 590. The van der Waals surface area contributed by atoms with Crippen LogP contribution in [-0.2, 0) is 11.2 Å². The van der Waals surface area contributed by atoms with Gasteiger partial charge in [-0.25, -0.2) is 4.98 Å². The van der Waals surface area contributed by atoms with Gasteiger partial charge < -0.3 is 5.11 Å². The van der Waals surface area contributed by atoms with E-state index < -0.39 is 11.9 Å². The van der Waals surface area contributed by atoms with E-state index in [1.165, 1.54) is 11.3 Å². The van der Waals surface area contributed by atoms with Crippen molar-refractivity contribution in [2.75, 3.05) is 0 Å². The summed E-state index contributed by atoms with van der Waals surface area (Å²) >= 11 is 9.00. The standard InChI is InChI=1S/C11H8ClNO2S2/c12-5-3-8(16-4-5)10-13-9-6(11(14)15)1-2-7(9)17-10/h3-4,6H,1-2H2,(H,14,15). The Balaban J connectivity index is 2.01. The Morgan fingerprint density at radius 1 is 1.59 bits per heavy atom. The molecule has 0 bridgehead atoms. The smallest absolute Gasteiger partial charge is 0.312 e. The first kappa shape index (κ1) is 11.2. The van der Waals surface area contributed by atoms with E-state index in [0.717, 1.165) is 26.9 Å². The minimum atomic E-state index is -0.773. The molecular formula is C11H8ClNO2S2. The Morgan fingerprint density at radius 2 is 2.41 bits per heavy atom. The average Bonchev–Trinajstić information content (AvgIpc) is 2.89. The maximum absolute atomic E-state index is 11.1. The first-order valence-electron chi connectivity index (χ1n) is 5.12. The highest BCUT2D eigenvalue weighted by Crippen LogP contribution is 2.41. The van der Waals surface area contributed by atoms with E-state index in [-0.39, 0.29) is 0 Å². The van der Waals surface area contributed by atoms with Crippen LogP contribution in [0, 0.1) is 0 Å². The van der Waals surface area contributed by atoms with Crippen molar-refractivity contribution in [2.24, 2.45) is 0 Å². The largest absolute Gasteiger partial charge is 0.481 e. The Hall–Kier alpha value is -0.910. The van der Waals surface area contributed by atoms with Gasteiger partial charge in [-0.05, 0) is 18.9 Å². The molecule has 0 spiro atoms. The molecule has 3 rings (SSSR count). The van der Waals surface area contributed by atoms with Gasteiger partial charge in [0.25, 0.3) is 0 Å². The lowest BCUT2D eigenvalue weighted by atomic mass is 10.1. The molecule has 17 heavy (non-hydrogen) atoms. The van der Waals surface area contributed by atoms with Gasteiger partial charge >= 0.3 is 5.97 Å². The van der Waals surface area contributed by atoms with Gasteiger partial charge in [0.1, 0.15) is 10.9 Å². The minimum Gasteiger partial charge on any atom is -0.481 e. The predicted molar refractivity (Wildman–Crippen MR) is 69.1 cm³/mol. The number of aromatic nitrogens is 1. The third-order valence-corrected chi connectivity index (χ3v) is 5.37. The molecule has 2 aromatic heterocycles. The van der Waals surface area contributed by atoms with E-state index in [2.05, 4.69) is 4.98 Å². The molecule has 2 heterocycles. The summed E-state index contributed by atoms with van der Waals surface area (Å²) in [4.78, 5) is 17.6. The van der Waals surface area contributed by atoms with Crippen LogP contribution in [0.2, 0.25) is 5.02 Å². The van der Waals surface area contributed by atoms with Gasteiger partial charge in [-0.3, -0.25) is 4.79 Å². The molecule has 1 aliphatic rings. The number of aryl methyl sites for hydroxylation is 1. The number of thiophene rings is 1. The first-order chi connectivity index (χ1) is 8.15. The molecule has 0 fully saturated rings. The highest BCUT2D eigenvalue weighted by Gasteiger charge is 2.32. The van der Waals surface area contributed by atoms with Gasteiger partial charge in [0.2, 0.25) is 0 Å². The van der Waals surface area contributed by atoms with Crippen LogP contribution in [0.1, 0.15) is 22.9 Å². The molecule has 6 heteroatoms. The number of nitrogens with zero attached hydrogens (tertiary/aromatic N) is 1. The fraction of sp³-hybridized carbons (Fsp3) is 0.273. The van der Waals surface area contributed by atoms with Crippen molar-refractivity contribution in [1.29, 1.82) is 0 Å². The molecule has 0 amide bonds. The first-order valence-corrected chi connectivity index (χ1v) is 7.19. The number of halogens is 1. The molecule has 0 saturated heterocycles. The van der Waals surface area contributed by atoms with Crippen molar-refractivity contribution in [3.63, 3.8) is 0 Å². The second-order valence-corrected chi connectivity index (χ2v) is 6.32. The normalized spacial score (nSPS) is 18.3. The summed E-state index contributed by atoms with van der Waals surface area (Å²) in [6.45, 7) is 0. The Kier molecular flexibility index (Phi) is 2.69. The summed E-state index contributed by atoms with van der Waals surface area (Å²) in [7, 11) is 0. The molecule has 1 unspecified atom stereocenters. The third-order valence-electron chi connectivity index (χ3n) is 2.79. The predicted octanol–water partition coefficient (Wildman–Crippen LogP) is 3.64. The molecule has 0 aliphatic heterocycles. The van der Waals surface area contributed by atoms with Crippen molar-refractivity contribution < 1.29 is 9.90 Å². The van der Waals surface area contributed by atoms with Gasteiger partial charge in [-0.2, -0.15) is 0 Å². The fourth-order valence-corrected chi connectivity index (χ4v) is 4.27. The van der Waals surface area contributed by atoms with E-state index in [0.29, 0.717) is 11.4 Å². The maximum Gasteiger partial charge on any atom is 0.312 e. The monoisotopic (exact) mass is 285 g/mol. The van der Waals surface area contributed by atoms with Gasteiger partial charge in [0, 0.05) is 10.3 Å². The van der Waals surface area contributed by atoms with Gasteiger partial charge in [-0.15, -0.1) is 22.7 Å². The van der Waals surface area contributed by atoms with Crippen LogP contribution in [0.25, 0.3) is 9.88 Å². The van der Waals surface area contributed by atoms with Crippen LogP contribution in [-0.4, -0.2) is 16.1 Å². The quantitative estimate of drug-likeness (QED) is 0.916. The average molecular weight is 286 g/mol. The van der Waals surface area contributed by atoms with Gasteiger partial charge in [-0.1, -0.05) is 11.6 Å². The number of hydrogen-bond donors (Lipinski definition) is 1. The van der Waals surface area contributed by atoms with Crippen molar-refractivity contribution >= 4 is 40.2 Å². The summed E-state index contributed by atoms with van der Waals surface area (Å²) < 4.78 is 0. The summed E-state index contributed by atoms with van der Waals surface area (Å²) in [5.41, 5.74) is 0.752. The lowest BCUT2D eigenvalue weighted by molar-refractivity contribution is -0.138. The second kappa shape index (κ2) is 4.08. The van der Waals surface area contributed by atoms with Crippen LogP contribution < -0.4 is 0 Å². The molecule has 2 aromatic rings. The molecule has 3 nitrogen and oxygen atoms in total. The molecule has 1 atom stereocenters. The number of thiazole rings is 1. The number of fused-ring (bicyclic) bond motifs is 1. The SMILES string of the molecule is O=C(O)C1CCc2sc(-c3cc(Cl)cs3)nc21. The van der Waals surface area contributed by atoms with E-state index in [4.69, 9.17) is 16.7 Å². The number of carboxylic acid groups (broad SMARTS) is 1. The molecule has 88 valence electrons. The second-order valence-electron chi connectivity index (χ2n) is 3.89. The Labute approximate surface area is 111 Å². The van der Waals surface area contributed by atoms with Crippen molar-refractivity contribution in [2.45, 2.75) is 18.8 Å². The molecule has 0 saturated carbocycles. The zero-order valence-corrected chi connectivity index (χ0v) is 11.0. The zero-order valence-electron chi connectivity index (χ0n) is 8.64. The van der Waals surface area contributed by atoms with E-state index in [9.17, 15) is 4.79 Å². The number of carboxylic acids is 1. The minimum absolute atomic E-state index is 0.426. The maximum atomic E-state index is 11.1. The fourth-order valence-electron chi connectivity index (χ4n) is 2.00. The summed E-state index contributed by atoms with van der Waals surface area (Å²) in [5, 5.41) is 12.5. The van der Waals surface area contributed by atoms with Crippen LogP contribution in [0.15, 0.2) is 11.4 Å². The lowest BCUT2D eigenvalue weighted by Gasteiger charge is -2.00. The summed E-state index contributed by atoms with van der Waals surface area (Å²) in [6, 6.07) is 1.87. The van der Waals surface area contributed by atoms with Gasteiger partial charge in [0.15, 0.2) is 0 Å². The van der Waals surface area contributed by atoms with Crippen LogP contribution in [0.5, 0.6) is 0 Å². The molecular weight excluding hydrogens is 278 g/mol. The van der Waals surface area contributed by atoms with Crippen molar-refractivity contribution in [3.05, 3.63) is 27.0 Å². The molecule has 0 aromatic carbocycles. The highest BCUT2D eigenvalue weighted by atomic mass is 35.5. The summed E-state index contributed by atoms with van der Waals surface area (Å²) in [6.07, 6.45) is 1.50. The molecule has 1 N–H and O–H groups in total. The molecule has 1 aliphatic carbocycles. The van der Waals surface area contributed by atoms with E-state index >= 15 is 0 Å². The molecule has 0 radical (unpaired) electrons. The Morgan fingerprint density at radius 3 is 3.06 bits per heavy atom. The van der Waals surface area contributed by atoms with Crippen molar-refractivity contribution in [1.82, 2.24) is 4.98 Å². The van der Waals surface area contributed by atoms with Crippen LogP contribution in [0.4, 0.5) is 0 Å². The zero-order chi connectivity index (χ0) is 12.0. The highest BCUT2D eigenvalue weighted by molar-refractivity contribution is 7.21. The van der Waals surface area contributed by atoms with Crippen LogP contribution >= 0.6 is 34.3 Å². The third kappa shape index (κ3) is 1.88. The van der Waals surface area contributed by atoms with E-state index in [1.54, 1.807) is 11.3 Å². The number of hydrogen-bond acceptors (Lipinski definition) is 4.